The van der Waals surface area contributed by atoms with Gasteiger partial charge in [0.1, 0.15) is 5.82 Å². The van der Waals surface area contributed by atoms with Gasteiger partial charge < -0.3 is 0 Å². The monoisotopic (exact) mass is 322 g/mol. The number of nitriles is 1. The third-order valence-corrected chi connectivity index (χ3v) is 4.26. The minimum atomic E-state index is -0.320. The minimum absolute atomic E-state index is 0.179. The molecule has 1 aromatic carbocycles. The van der Waals surface area contributed by atoms with E-state index in [-0.39, 0.29) is 10.8 Å². The molecular formula is C17H14N4OS. The Morgan fingerprint density at radius 1 is 1.17 bits per heavy atom. The highest BCUT2D eigenvalue weighted by atomic mass is 32.2. The number of hydrogen-bond donors (Lipinski definition) is 0. The van der Waals surface area contributed by atoms with Gasteiger partial charge in [0.05, 0.1) is 22.2 Å². The van der Waals surface area contributed by atoms with Gasteiger partial charge in [-0.3, -0.25) is 4.79 Å². The molecule has 1 unspecified atom stereocenters. The number of para-hydroxylation sites is 1. The van der Waals surface area contributed by atoms with Crippen LogP contribution in [0.2, 0.25) is 0 Å². The average Bonchev–Trinajstić information content (AvgIpc) is 2.55. The normalized spacial score (nSPS) is 12.0. The molecule has 6 heteroatoms. The van der Waals surface area contributed by atoms with Crippen LogP contribution in [0.25, 0.3) is 16.7 Å². The van der Waals surface area contributed by atoms with E-state index in [0.29, 0.717) is 21.9 Å². The Labute approximate surface area is 137 Å². The van der Waals surface area contributed by atoms with E-state index < -0.39 is 0 Å². The number of hydrogen-bond acceptors (Lipinski definition) is 5. The lowest BCUT2D eigenvalue weighted by atomic mass is 10.2. The van der Waals surface area contributed by atoms with Gasteiger partial charge in [0.2, 0.25) is 0 Å². The first-order valence-corrected chi connectivity index (χ1v) is 8.00. The number of aryl methyl sites for hydroxylation is 1. The van der Waals surface area contributed by atoms with Crippen molar-refractivity contribution < 1.29 is 0 Å². The molecule has 23 heavy (non-hydrogen) atoms. The molecule has 0 spiro atoms. The predicted octanol–water partition coefficient (Wildman–Crippen LogP) is 3.09. The van der Waals surface area contributed by atoms with Crippen LogP contribution in [0.5, 0.6) is 0 Å². The minimum Gasteiger partial charge on any atom is -0.268 e. The average molecular weight is 322 g/mol. The van der Waals surface area contributed by atoms with Crippen molar-refractivity contribution in [1.29, 1.82) is 5.26 Å². The largest absolute Gasteiger partial charge is 0.268 e. The summed E-state index contributed by atoms with van der Waals surface area (Å²) in [6.45, 7) is 3.65. The first-order valence-electron chi connectivity index (χ1n) is 7.12. The lowest BCUT2D eigenvalue weighted by Gasteiger charge is -2.13. The zero-order valence-corrected chi connectivity index (χ0v) is 13.5. The lowest BCUT2D eigenvalue weighted by Crippen LogP contribution is -2.23. The summed E-state index contributed by atoms with van der Waals surface area (Å²) in [6.07, 6.45) is 0. The molecule has 0 bridgehead atoms. The lowest BCUT2D eigenvalue weighted by molar-refractivity contribution is 0.790. The van der Waals surface area contributed by atoms with E-state index in [1.165, 1.54) is 16.3 Å². The zero-order valence-electron chi connectivity index (χ0n) is 12.7. The van der Waals surface area contributed by atoms with Crippen molar-refractivity contribution in [2.45, 2.75) is 24.3 Å². The van der Waals surface area contributed by atoms with E-state index in [9.17, 15) is 4.79 Å². The highest BCUT2D eigenvalue weighted by molar-refractivity contribution is 8.00. The van der Waals surface area contributed by atoms with E-state index >= 15 is 0 Å². The maximum atomic E-state index is 12.9. The van der Waals surface area contributed by atoms with Crippen molar-refractivity contribution in [3.8, 4) is 11.9 Å². The van der Waals surface area contributed by atoms with Gasteiger partial charge in [-0.1, -0.05) is 30.0 Å². The van der Waals surface area contributed by atoms with Crippen LogP contribution in [0, 0.1) is 18.3 Å². The Hall–Kier alpha value is -2.65. The van der Waals surface area contributed by atoms with E-state index in [1.54, 1.807) is 25.1 Å². The number of fused-ring (bicyclic) bond motifs is 1. The van der Waals surface area contributed by atoms with Gasteiger partial charge >= 0.3 is 0 Å². The summed E-state index contributed by atoms with van der Waals surface area (Å²) in [5.74, 6) is 0.515. The predicted molar refractivity (Wildman–Crippen MR) is 90.8 cm³/mol. The Kier molecular flexibility index (Phi) is 4.13. The topological polar surface area (TPSA) is 71.6 Å². The maximum Gasteiger partial charge on any atom is 0.267 e. The van der Waals surface area contributed by atoms with Crippen molar-refractivity contribution in [3.05, 3.63) is 58.5 Å². The van der Waals surface area contributed by atoms with Crippen molar-refractivity contribution in [1.82, 2.24) is 14.5 Å². The molecule has 114 valence electrons. The molecule has 0 saturated carbocycles. The van der Waals surface area contributed by atoms with Gasteiger partial charge in [-0.25, -0.2) is 14.5 Å². The number of nitrogens with zero attached hydrogens (tertiary/aromatic N) is 4. The molecule has 0 fully saturated rings. The fraction of sp³-hybridized carbons (Fsp3) is 0.176. The third kappa shape index (κ3) is 2.96. The van der Waals surface area contributed by atoms with Gasteiger partial charge in [0, 0.05) is 5.69 Å². The highest BCUT2D eigenvalue weighted by Crippen LogP contribution is 2.24. The molecule has 3 rings (SSSR count). The number of pyridine rings is 1. The summed E-state index contributed by atoms with van der Waals surface area (Å²) in [6, 6.07) is 14.8. The van der Waals surface area contributed by atoms with Gasteiger partial charge in [0.15, 0.2) is 5.16 Å². The fourth-order valence-electron chi connectivity index (χ4n) is 2.23. The maximum absolute atomic E-state index is 12.9. The summed E-state index contributed by atoms with van der Waals surface area (Å²) in [7, 11) is 0. The van der Waals surface area contributed by atoms with Crippen LogP contribution >= 0.6 is 11.8 Å². The van der Waals surface area contributed by atoms with E-state index in [2.05, 4.69) is 16.0 Å². The number of rotatable bonds is 3. The van der Waals surface area contributed by atoms with Crippen LogP contribution < -0.4 is 5.56 Å². The van der Waals surface area contributed by atoms with Crippen molar-refractivity contribution in [2.24, 2.45) is 0 Å². The van der Waals surface area contributed by atoms with Gasteiger partial charge in [0.25, 0.3) is 5.56 Å². The van der Waals surface area contributed by atoms with Gasteiger partial charge in [-0.2, -0.15) is 5.26 Å². The second kappa shape index (κ2) is 6.23. The molecule has 0 aliphatic carbocycles. The second-order valence-corrected chi connectivity index (χ2v) is 6.39. The molecule has 0 radical (unpaired) electrons. The summed E-state index contributed by atoms with van der Waals surface area (Å²) in [4.78, 5) is 21.9. The summed E-state index contributed by atoms with van der Waals surface area (Å²) >= 11 is 1.25. The zero-order chi connectivity index (χ0) is 16.4. The van der Waals surface area contributed by atoms with Crippen LogP contribution in [0.1, 0.15) is 12.6 Å². The quantitative estimate of drug-likeness (QED) is 0.547. The van der Waals surface area contributed by atoms with Crippen LogP contribution in [0.15, 0.2) is 52.4 Å². The van der Waals surface area contributed by atoms with Crippen LogP contribution in [0.3, 0.4) is 0 Å². The molecule has 0 N–H and O–H groups in total. The van der Waals surface area contributed by atoms with E-state index in [1.807, 2.05) is 31.2 Å². The Balaban J connectivity index is 2.33. The first-order chi connectivity index (χ1) is 11.1. The Morgan fingerprint density at radius 2 is 1.96 bits per heavy atom. The number of benzene rings is 1. The molecular weight excluding hydrogens is 308 g/mol. The molecule has 0 aliphatic heterocycles. The second-order valence-electron chi connectivity index (χ2n) is 5.08. The van der Waals surface area contributed by atoms with Crippen LogP contribution in [-0.2, 0) is 0 Å². The first kappa shape index (κ1) is 15.3. The number of thioether (sulfide) groups is 1. The summed E-state index contributed by atoms with van der Waals surface area (Å²) in [5, 5.41) is 9.77. The number of aromatic nitrogens is 3. The molecule has 1 atom stereocenters. The highest BCUT2D eigenvalue weighted by Gasteiger charge is 2.16. The van der Waals surface area contributed by atoms with E-state index in [0.717, 1.165) is 5.69 Å². The van der Waals surface area contributed by atoms with Crippen molar-refractivity contribution in [3.63, 3.8) is 0 Å². The molecule has 0 amide bonds. The smallest absolute Gasteiger partial charge is 0.267 e. The molecule has 0 aliphatic rings. The van der Waals surface area contributed by atoms with Gasteiger partial charge in [-0.15, -0.1) is 0 Å². The summed E-state index contributed by atoms with van der Waals surface area (Å²) < 4.78 is 1.48. The fourth-order valence-corrected chi connectivity index (χ4v) is 3.03. The Bertz CT molecular complexity index is 974. The third-order valence-electron chi connectivity index (χ3n) is 3.31. The SMILES string of the molecule is Cc1cccc(-n2c(SC(C)C#N)nc3ccccc3c2=O)n1. The van der Waals surface area contributed by atoms with Crippen molar-refractivity contribution in [2.75, 3.05) is 0 Å². The van der Waals surface area contributed by atoms with E-state index in [4.69, 9.17) is 5.26 Å². The molecule has 0 saturated heterocycles. The Morgan fingerprint density at radius 3 is 2.70 bits per heavy atom. The standard InChI is InChI=1S/C17H14N4OS/c1-11-6-5-9-15(19-11)21-16(22)13-7-3-4-8-14(13)20-17(21)23-12(2)10-18/h3-9,12H,1-2H3. The van der Waals surface area contributed by atoms with Crippen LogP contribution in [-0.4, -0.2) is 19.8 Å². The summed E-state index contributed by atoms with van der Waals surface area (Å²) in [5.41, 5.74) is 1.25. The molecule has 2 aromatic heterocycles. The molecule has 2 heterocycles. The van der Waals surface area contributed by atoms with Crippen LogP contribution in [0.4, 0.5) is 0 Å². The molecule has 3 aromatic rings. The van der Waals surface area contributed by atoms with Gasteiger partial charge in [-0.05, 0) is 38.1 Å². The molecule has 5 nitrogen and oxygen atoms in total. The van der Waals surface area contributed by atoms with Crippen molar-refractivity contribution >= 4 is 22.7 Å².